The first-order valence-corrected chi connectivity index (χ1v) is 8.64. The van der Waals surface area contributed by atoms with Gasteiger partial charge in [0.15, 0.2) is 0 Å². The molecule has 0 aliphatic heterocycles. The normalized spacial score (nSPS) is 10.6. The number of benzene rings is 2. The van der Waals surface area contributed by atoms with E-state index in [0.717, 1.165) is 25.3 Å². The molecule has 0 aromatic heterocycles. The smallest absolute Gasteiger partial charge is 0.124 e. The van der Waals surface area contributed by atoms with Crippen LogP contribution in [0.5, 0.6) is 5.75 Å². The third kappa shape index (κ3) is 5.02. The van der Waals surface area contributed by atoms with Crippen LogP contribution in [0.15, 0.2) is 36.4 Å². The van der Waals surface area contributed by atoms with Crippen molar-refractivity contribution in [2.45, 2.75) is 53.5 Å². The van der Waals surface area contributed by atoms with Gasteiger partial charge in [0.1, 0.15) is 5.75 Å². The molecule has 0 amide bonds. The summed E-state index contributed by atoms with van der Waals surface area (Å²) in [7, 11) is 0. The van der Waals surface area contributed by atoms with Crippen molar-refractivity contribution < 1.29 is 4.74 Å². The van der Waals surface area contributed by atoms with E-state index in [0.29, 0.717) is 0 Å². The molecule has 124 valence electrons. The predicted octanol–water partition coefficient (Wildman–Crippen LogP) is 5.79. The summed E-state index contributed by atoms with van der Waals surface area (Å²) in [5.74, 6) is 0.999. The Balaban J connectivity index is 2.03. The second kappa shape index (κ2) is 8.61. The van der Waals surface area contributed by atoms with Crippen LogP contribution in [-0.2, 0) is 6.54 Å². The lowest BCUT2D eigenvalue weighted by Gasteiger charge is -2.16. The monoisotopic (exact) mass is 311 g/mol. The van der Waals surface area contributed by atoms with Gasteiger partial charge in [-0.1, -0.05) is 55.7 Å². The third-order valence-corrected chi connectivity index (χ3v) is 4.11. The van der Waals surface area contributed by atoms with Crippen molar-refractivity contribution in [3.63, 3.8) is 0 Å². The van der Waals surface area contributed by atoms with Crippen LogP contribution in [0.25, 0.3) is 0 Å². The summed E-state index contributed by atoms with van der Waals surface area (Å²) >= 11 is 0. The van der Waals surface area contributed by atoms with E-state index < -0.39 is 0 Å². The molecule has 2 rings (SSSR count). The van der Waals surface area contributed by atoms with Crippen LogP contribution in [0, 0.1) is 20.8 Å². The van der Waals surface area contributed by atoms with Crippen molar-refractivity contribution >= 4 is 5.69 Å². The quantitative estimate of drug-likeness (QED) is 0.623. The zero-order valence-corrected chi connectivity index (χ0v) is 14.9. The second-order valence-corrected chi connectivity index (χ2v) is 6.29. The van der Waals surface area contributed by atoms with Crippen LogP contribution in [0.4, 0.5) is 5.69 Å². The van der Waals surface area contributed by atoms with Gasteiger partial charge < -0.3 is 10.1 Å². The van der Waals surface area contributed by atoms with E-state index in [4.69, 9.17) is 4.74 Å². The molecule has 0 radical (unpaired) electrons. The highest BCUT2D eigenvalue weighted by Crippen LogP contribution is 2.25. The number of ether oxygens (including phenoxy) is 1. The lowest BCUT2D eigenvalue weighted by atomic mass is 10.0. The largest absolute Gasteiger partial charge is 0.493 e. The Morgan fingerprint density at radius 1 is 0.957 bits per heavy atom. The van der Waals surface area contributed by atoms with E-state index in [1.807, 2.05) is 6.07 Å². The fourth-order valence-electron chi connectivity index (χ4n) is 2.97. The van der Waals surface area contributed by atoms with Crippen LogP contribution in [0.2, 0.25) is 0 Å². The molecule has 2 aromatic carbocycles. The zero-order valence-electron chi connectivity index (χ0n) is 14.9. The minimum absolute atomic E-state index is 0.786. The fourth-order valence-corrected chi connectivity index (χ4v) is 2.97. The molecule has 0 fully saturated rings. The maximum Gasteiger partial charge on any atom is 0.124 e. The SMILES string of the molecule is CCCCCOc1ccccc1CNc1c(C)cc(C)cc1C. The van der Waals surface area contributed by atoms with Crippen molar-refractivity contribution in [3.8, 4) is 5.75 Å². The number of nitrogens with one attached hydrogen (secondary N) is 1. The molecule has 23 heavy (non-hydrogen) atoms. The van der Waals surface area contributed by atoms with Gasteiger partial charge in [0, 0.05) is 17.8 Å². The fraction of sp³-hybridized carbons (Fsp3) is 0.429. The number of para-hydroxylation sites is 1. The Morgan fingerprint density at radius 3 is 2.35 bits per heavy atom. The van der Waals surface area contributed by atoms with Crippen LogP contribution < -0.4 is 10.1 Å². The van der Waals surface area contributed by atoms with Crippen LogP contribution in [0.3, 0.4) is 0 Å². The maximum absolute atomic E-state index is 5.97. The third-order valence-electron chi connectivity index (χ3n) is 4.11. The van der Waals surface area contributed by atoms with Gasteiger partial charge in [-0.25, -0.2) is 0 Å². The second-order valence-electron chi connectivity index (χ2n) is 6.29. The summed E-state index contributed by atoms with van der Waals surface area (Å²) in [5, 5.41) is 3.59. The van der Waals surface area contributed by atoms with Crippen molar-refractivity contribution in [1.29, 1.82) is 0 Å². The van der Waals surface area contributed by atoms with Gasteiger partial charge in [-0.05, 0) is 44.4 Å². The molecule has 0 unspecified atom stereocenters. The van der Waals surface area contributed by atoms with E-state index in [2.05, 4.69) is 63.3 Å². The molecule has 0 spiro atoms. The number of hydrogen-bond acceptors (Lipinski definition) is 2. The number of hydrogen-bond donors (Lipinski definition) is 1. The Kier molecular flexibility index (Phi) is 6.52. The molecule has 0 saturated heterocycles. The Bertz CT molecular complexity index is 610. The van der Waals surface area contributed by atoms with Crippen molar-refractivity contribution in [2.24, 2.45) is 0 Å². The summed E-state index contributed by atoms with van der Waals surface area (Å²) in [6.45, 7) is 10.3. The topological polar surface area (TPSA) is 21.3 Å². The van der Waals surface area contributed by atoms with Gasteiger partial charge in [-0.15, -0.1) is 0 Å². The molecule has 0 atom stereocenters. The van der Waals surface area contributed by atoms with E-state index in [1.54, 1.807) is 0 Å². The van der Waals surface area contributed by atoms with Gasteiger partial charge in [0.2, 0.25) is 0 Å². The molecule has 0 heterocycles. The molecule has 2 heteroatoms. The minimum Gasteiger partial charge on any atom is -0.493 e. The van der Waals surface area contributed by atoms with Crippen molar-refractivity contribution in [2.75, 3.05) is 11.9 Å². The van der Waals surface area contributed by atoms with Gasteiger partial charge >= 0.3 is 0 Å². The minimum atomic E-state index is 0.786. The van der Waals surface area contributed by atoms with E-state index in [1.165, 1.54) is 40.8 Å². The molecular weight excluding hydrogens is 282 g/mol. The van der Waals surface area contributed by atoms with Crippen LogP contribution >= 0.6 is 0 Å². The van der Waals surface area contributed by atoms with Crippen molar-refractivity contribution in [1.82, 2.24) is 0 Å². The van der Waals surface area contributed by atoms with Gasteiger partial charge in [-0.3, -0.25) is 0 Å². The summed E-state index contributed by atoms with van der Waals surface area (Å²) in [6, 6.07) is 12.8. The van der Waals surface area contributed by atoms with Gasteiger partial charge in [-0.2, -0.15) is 0 Å². The van der Waals surface area contributed by atoms with E-state index >= 15 is 0 Å². The number of anilines is 1. The molecule has 1 N–H and O–H groups in total. The first-order valence-electron chi connectivity index (χ1n) is 8.64. The average Bonchev–Trinajstić information content (AvgIpc) is 2.51. The van der Waals surface area contributed by atoms with Crippen LogP contribution in [0.1, 0.15) is 48.4 Å². The zero-order chi connectivity index (χ0) is 16.7. The average molecular weight is 311 g/mol. The number of unbranched alkanes of at least 4 members (excludes halogenated alkanes) is 2. The highest BCUT2D eigenvalue weighted by molar-refractivity contribution is 5.58. The maximum atomic E-state index is 5.97. The predicted molar refractivity (Wildman–Crippen MR) is 99.4 cm³/mol. The first-order chi connectivity index (χ1) is 11.1. The van der Waals surface area contributed by atoms with Crippen LogP contribution in [-0.4, -0.2) is 6.61 Å². The molecule has 0 aliphatic rings. The first kappa shape index (κ1) is 17.4. The Hall–Kier alpha value is -1.96. The lowest BCUT2D eigenvalue weighted by molar-refractivity contribution is 0.303. The van der Waals surface area contributed by atoms with E-state index in [-0.39, 0.29) is 0 Å². The van der Waals surface area contributed by atoms with Gasteiger partial charge in [0.05, 0.1) is 6.61 Å². The van der Waals surface area contributed by atoms with Crippen molar-refractivity contribution in [3.05, 3.63) is 58.7 Å². The van der Waals surface area contributed by atoms with Gasteiger partial charge in [0.25, 0.3) is 0 Å². The highest BCUT2D eigenvalue weighted by atomic mass is 16.5. The summed E-state index contributed by atoms with van der Waals surface area (Å²) < 4.78 is 5.97. The number of rotatable bonds is 8. The molecule has 2 nitrogen and oxygen atoms in total. The lowest BCUT2D eigenvalue weighted by Crippen LogP contribution is -2.06. The summed E-state index contributed by atoms with van der Waals surface area (Å²) in [6.07, 6.45) is 3.56. The van der Waals surface area contributed by atoms with E-state index in [9.17, 15) is 0 Å². The Labute approximate surface area is 140 Å². The number of aryl methyl sites for hydroxylation is 3. The highest BCUT2D eigenvalue weighted by Gasteiger charge is 2.06. The Morgan fingerprint density at radius 2 is 1.65 bits per heavy atom. The standard InChI is InChI=1S/C21H29NO/c1-5-6-9-12-23-20-11-8-7-10-19(20)15-22-21-17(3)13-16(2)14-18(21)4/h7-8,10-11,13-14,22H,5-6,9,12,15H2,1-4H3. The summed E-state index contributed by atoms with van der Waals surface area (Å²) in [5.41, 5.74) is 6.35. The summed E-state index contributed by atoms with van der Waals surface area (Å²) in [4.78, 5) is 0. The molecular formula is C21H29NO. The molecule has 0 bridgehead atoms. The molecule has 2 aromatic rings. The molecule has 0 saturated carbocycles. The molecule has 0 aliphatic carbocycles.